The molecule has 1 N–H and O–H groups in total. The Morgan fingerprint density at radius 2 is 2.12 bits per heavy atom. The normalized spacial score (nSPS) is 21.2. The summed E-state index contributed by atoms with van der Waals surface area (Å²) in [4.78, 5) is 36.1. The van der Waals surface area contributed by atoms with Crippen molar-refractivity contribution in [2.45, 2.75) is 6.42 Å². The van der Waals surface area contributed by atoms with Crippen molar-refractivity contribution in [1.82, 2.24) is 9.80 Å². The van der Waals surface area contributed by atoms with Crippen molar-refractivity contribution >= 4 is 18.0 Å². The molecule has 0 unspecified atom stereocenters. The van der Waals surface area contributed by atoms with E-state index in [9.17, 15) is 14.4 Å². The summed E-state index contributed by atoms with van der Waals surface area (Å²) in [6, 6.07) is 0. The van der Waals surface area contributed by atoms with Crippen LogP contribution < -0.4 is 0 Å². The number of rotatable bonds is 4. The third-order valence-electron chi connectivity index (χ3n) is 2.92. The maximum absolute atomic E-state index is 11.7. The Hall–Kier alpha value is -1.63. The number of nitrogens with zero attached hydrogens (tertiary/aromatic N) is 2. The SMILES string of the molecule is O=C(O)CC1CN(CC(=O)N2CCOC2=O)C1. The Labute approximate surface area is 97.9 Å². The van der Waals surface area contributed by atoms with E-state index in [2.05, 4.69) is 4.74 Å². The lowest BCUT2D eigenvalue weighted by molar-refractivity contribution is -0.139. The highest BCUT2D eigenvalue weighted by Gasteiger charge is 2.34. The molecule has 0 aliphatic carbocycles. The predicted molar refractivity (Wildman–Crippen MR) is 55.2 cm³/mol. The van der Waals surface area contributed by atoms with Crippen LogP contribution in [-0.4, -0.2) is 65.7 Å². The van der Waals surface area contributed by atoms with Gasteiger partial charge in [0, 0.05) is 13.1 Å². The molecule has 2 saturated heterocycles. The molecule has 0 aromatic heterocycles. The van der Waals surface area contributed by atoms with Crippen molar-refractivity contribution in [2.75, 3.05) is 32.8 Å². The van der Waals surface area contributed by atoms with Gasteiger partial charge in [-0.1, -0.05) is 0 Å². The summed E-state index contributed by atoms with van der Waals surface area (Å²) >= 11 is 0. The summed E-state index contributed by atoms with van der Waals surface area (Å²) in [5.41, 5.74) is 0. The van der Waals surface area contributed by atoms with E-state index in [4.69, 9.17) is 5.11 Å². The molecule has 0 radical (unpaired) electrons. The molecule has 2 heterocycles. The van der Waals surface area contributed by atoms with E-state index in [1.165, 1.54) is 0 Å². The molecule has 0 spiro atoms. The molecule has 0 bridgehead atoms. The van der Waals surface area contributed by atoms with Crippen LogP contribution in [0.3, 0.4) is 0 Å². The lowest BCUT2D eigenvalue weighted by Gasteiger charge is -2.38. The first-order valence-corrected chi connectivity index (χ1v) is 5.47. The number of hydrogen-bond donors (Lipinski definition) is 1. The molecule has 0 aromatic carbocycles. The lowest BCUT2D eigenvalue weighted by atomic mass is 9.96. The minimum atomic E-state index is -0.816. The Morgan fingerprint density at radius 3 is 2.65 bits per heavy atom. The van der Waals surface area contributed by atoms with Gasteiger partial charge < -0.3 is 9.84 Å². The third-order valence-corrected chi connectivity index (χ3v) is 2.92. The Kier molecular flexibility index (Phi) is 3.28. The average Bonchev–Trinajstić information content (AvgIpc) is 2.60. The highest BCUT2D eigenvalue weighted by molar-refractivity contribution is 5.94. The van der Waals surface area contributed by atoms with Gasteiger partial charge in [-0.3, -0.25) is 14.5 Å². The predicted octanol–water partition coefficient (Wildman–Crippen LogP) is -0.628. The summed E-state index contributed by atoms with van der Waals surface area (Å²) in [6.07, 6.45) is -0.450. The van der Waals surface area contributed by atoms with Crippen LogP contribution >= 0.6 is 0 Å². The summed E-state index contributed by atoms with van der Waals surface area (Å²) in [5, 5.41) is 8.57. The minimum Gasteiger partial charge on any atom is -0.481 e. The molecule has 2 fully saturated rings. The maximum Gasteiger partial charge on any atom is 0.416 e. The van der Waals surface area contributed by atoms with Crippen molar-refractivity contribution in [1.29, 1.82) is 0 Å². The fourth-order valence-electron chi connectivity index (χ4n) is 2.08. The number of aliphatic carboxylic acids is 1. The average molecular weight is 242 g/mol. The number of ether oxygens (including phenoxy) is 1. The van der Waals surface area contributed by atoms with E-state index < -0.39 is 12.1 Å². The summed E-state index contributed by atoms with van der Waals surface area (Å²) in [6.45, 7) is 1.92. The number of cyclic esters (lactones) is 1. The fraction of sp³-hybridized carbons (Fsp3) is 0.700. The standard InChI is InChI=1S/C10H14N2O5/c13-8(12-1-2-17-10(12)16)6-11-4-7(5-11)3-9(14)15/h7H,1-6H2,(H,14,15). The van der Waals surface area contributed by atoms with Crippen LogP contribution in [-0.2, 0) is 14.3 Å². The van der Waals surface area contributed by atoms with E-state index in [0.29, 0.717) is 19.6 Å². The zero-order valence-electron chi connectivity index (χ0n) is 9.29. The number of carbonyl (C=O) groups excluding carboxylic acids is 2. The summed E-state index contributed by atoms with van der Waals surface area (Å²) in [5.74, 6) is -0.976. The molecule has 17 heavy (non-hydrogen) atoms. The molecule has 7 heteroatoms. The number of carboxylic acid groups (broad SMARTS) is 1. The van der Waals surface area contributed by atoms with Gasteiger partial charge in [0.2, 0.25) is 5.91 Å². The lowest BCUT2D eigenvalue weighted by Crippen LogP contribution is -2.52. The topological polar surface area (TPSA) is 87.2 Å². The zero-order valence-corrected chi connectivity index (χ0v) is 9.29. The summed E-state index contributed by atoms with van der Waals surface area (Å²) in [7, 11) is 0. The smallest absolute Gasteiger partial charge is 0.416 e. The Balaban J connectivity index is 1.71. The van der Waals surface area contributed by atoms with Crippen LogP contribution in [0.25, 0.3) is 0 Å². The molecule has 2 aliphatic heterocycles. The second-order valence-corrected chi connectivity index (χ2v) is 4.32. The molecular weight excluding hydrogens is 228 g/mol. The zero-order chi connectivity index (χ0) is 12.4. The number of carbonyl (C=O) groups is 3. The van der Waals surface area contributed by atoms with Crippen molar-refractivity contribution in [3.8, 4) is 0 Å². The molecule has 0 aromatic rings. The van der Waals surface area contributed by atoms with Gasteiger partial charge in [-0.15, -0.1) is 0 Å². The van der Waals surface area contributed by atoms with Gasteiger partial charge in [0.25, 0.3) is 0 Å². The van der Waals surface area contributed by atoms with Crippen LogP contribution in [0, 0.1) is 5.92 Å². The number of imide groups is 1. The second-order valence-electron chi connectivity index (χ2n) is 4.32. The van der Waals surface area contributed by atoms with E-state index in [-0.39, 0.29) is 31.4 Å². The van der Waals surface area contributed by atoms with E-state index in [0.717, 1.165) is 4.90 Å². The molecular formula is C10H14N2O5. The first-order chi connectivity index (χ1) is 8.06. The van der Waals surface area contributed by atoms with Crippen LogP contribution in [0.4, 0.5) is 4.79 Å². The van der Waals surface area contributed by atoms with Crippen molar-refractivity contribution < 1.29 is 24.2 Å². The summed E-state index contributed by atoms with van der Waals surface area (Å²) < 4.78 is 4.66. The van der Waals surface area contributed by atoms with E-state index >= 15 is 0 Å². The van der Waals surface area contributed by atoms with Gasteiger partial charge in [-0.25, -0.2) is 9.69 Å². The van der Waals surface area contributed by atoms with Crippen LogP contribution in [0.5, 0.6) is 0 Å². The maximum atomic E-state index is 11.7. The van der Waals surface area contributed by atoms with Crippen LogP contribution in [0.1, 0.15) is 6.42 Å². The van der Waals surface area contributed by atoms with Crippen molar-refractivity contribution in [3.63, 3.8) is 0 Å². The highest BCUT2D eigenvalue weighted by Crippen LogP contribution is 2.19. The highest BCUT2D eigenvalue weighted by atomic mass is 16.6. The third kappa shape index (κ3) is 2.73. The van der Waals surface area contributed by atoms with Crippen molar-refractivity contribution in [2.24, 2.45) is 5.92 Å². The van der Waals surface area contributed by atoms with Gasteiger partial charge in [-0.2, -0.15) is 0 Å². The molecule has 94 valence electrons. The number of likely N-dealkylation sites (tertiary alicyclic amines) is 1. The van der Waals surface area contributed by atoms with Gasteiger partial charge >= 0.3 is 12.1 Å². The molecule has 0 atom stereocenters. The van der Waals surface area contributed by atoms with Crippen LogP contribution in [0.15, 0.2) is 0 Å². The molecule has 7 nitrogen and oxygen atoms in total. The Morgan fingerprint density at radius 1 is 1.41 bits per heavy atom. The molecule has 2 rings (SSSR count). The quantitative estimate of drug-likeness (QED) is 0.706. The number of carboxylic acids is 1. The van der Waals surface area contributed by atoms with Gasteiger partial charge in [0.15, 0.2) is 0 Å². The largest absolute Gasteiger partial charge is 0.481 e. The minimum absolute atomic E-state index is 0.117. The number of amides is 2. The number of hydrogen-bond acceptors (Lipinski definition) is 5. The molecule has 0 saturated carbocycles. The van der Waals surface area contributed by atoms with Gasteiger partial charge in [0.05, 0.1) is 19.5 Å². The van der Waals surface area contributed by atoms with E-state index in [1.807, 2.05) is 4.90 Å². The Bertz CT molecular complexity index is 351. The van der Waals surface area contributed by atoms with Gasteiger partial charge in [-0.05, 0) is 5.92 Å². The van der Waals surface area contributed by atoms with Gasteiger partial charge in [0.1, 0.15) is 6.61 Å². The molecule has 2 amide bonds. The fourth-order valence-corrected chi connectivity index (χ4v) is 2.08. The molecule has 2 aliphatic rings. The van der Waals surface area contributed by atoms with E-state index in [1.54, 1.807) is 0 Å². The second kappa shape index (κ2) is 4.70. The van der Waals surface area contributed by atoms with Crippen molar-refractivity contribution in [3.05, 3.63) is 0 Å². The first-order valence-electron chi connectivity index (χ1n) is 5.47. The first kappa shape index (κ1) is 11.8. The monoisotopic (exact) mass is 242 g/mol. The van der Waals surface area contributed by atoms with Crippen LogP contribution in [0.2, 0.25) is 0 Å².